The SMILES string of the molecule is CCNCC1CCCCN(C)C1c1csc(C(C)(C)C)n1. The summed E-state index contributed by atoms with van der Waals surface area (Å²) < 4.78 is 0. The maximum Gasteiger partial charge on any atom is 0.0982 e. The summed E-state index contributed by atoms with van der Waals surface area (Å²) in [4.78, 5) is 7.53. The number of rotatable bonds is 4. The maximum absolute atomic E-state index is 5.00. The Morgan fingerprint density at radius 1 is 1.38 bits per heavy atom. The van der Waals surface area contributed by atoms with Gasteiger partial charge in [0.15, 0.2) is 0 Å². The van der Waals surface area contributed by atoms with Gasteiger partial charge in [0.05, 0.1) is 16.7 Å². The first-order valence-electron chi connectivity index (χ1n) is 8.30. The fourth-order valence-electron chi connectivity index (χ4n) is 3.20. The van der Waals surface area contributed by atoms with E-state index < -0.39 is 0 Å². The van der Waals surface area contributed by atoms with Gasteiger partial charge < -0.3 is 5.32 Å². The zero-order valence-corrected chi connectivity index (χ0v) is 15.1. The summed E-state index contributed by atoms with van der Waals surface area (Å²) in [7, 11) is 2.27. The van der Waals surface area contributed by atoms with Gasteiger partial charge >= 0.3 is 0 Å². The van der Waals surface area contributed by atoms with Crippen LogP contribution in [0, 0.1) is 5.92 Å². The minimum absolute atomic E-state index is 0.156. The molecule has 0 aromatic carbocycles. The molecule has 0 amide bonds. The molecule has 21 heavy (non-hydrogen) atoms. The minimum atomic E-state index is 0.156. The standard InChI is InChI=1S/C17H31N3S/c1-6-18-11-13-9-7-8-10-20(5)15(13)14-12-21-16(19-14)17(2,3)4/h12-13,15,18H,6-11H2,1-5H3. The molecule has 120 valence electrons. The number of likely N-dealkylation sites (tertiary alicyclic amines) is 1. The molecule has 4 heteroatoms. The second-order valence-electron chi connectivity index (χ2n) is 7.32. The summed E-state index contributed by atoms with van der Waals surface area (Å²) >= 11 is 1.83. The summed E-state index contributed by atoms with van der Waals surface area (Å²) in [6.07, 6.45) is 3.96. The molecular weight excluding hydrogens is 278 g/mol. The normalized spacial score (nSPS) is 25.0. The van der Waals surface area contributed by atoms with Crippen LogP contribution in [0.1, 0.15) is 63.7 Å². The second kappa shape index (κ2) is 7.21. The minimum Gasteiger partial charge on any atom is -0.317 e. The number of hydrogen-bond acceptors (Lipinski definition) is 4. The van der Waals surface area contributed by atoms with Gasteiger partial charge in [-0.25, -0.2) is 4.98 Å². The summed E-state index contributed by atoms with van der Waals surface area (Å²) in [6.45, 7) is 12.3. The zero-order chi connectivity index (χ0) is 15.5. The van der Waals surface area contributed by atoms with Crippen LogP contribution in [-0.2, 0) is 5.41 Å². The first kappa shape index (κ1) is 16.9. The van der Waals surface area contributed by atoms with E-state index in [4.69, 9.17) is 4.98 Å². The van der Waals surface area contributed by atoms with Crippen molar-refractivity contribution in [3.05, 3.63) is 16.1 Å². The van der Waals surface area contributed by atoms with Gasteiger partial charge in [0.1, 0.15) is 0 Å². The highest BCUT2D eigenvalue weighted by molar-refractivity contribution is 7.09. The van der Waals surface area contributed by atoms with Crippen molar-refractivity contribution in [3.8, 4) is 0 Å². The molecule has 3 nitrogen and oxygen atoms in total. The third kappa shape index (κ3) is 4.27. The van der Waals surface area contributed by atoms with Crippen LogP contribution in [-0.4, -0.2) is 36.6 Å². The Morgan fingerprint density at radius 2 is 2.14 bits per heavy atom. The van der Waals surface area contributed by atoms with Crippen molar-refractivity contribution in [1.82, 2.24) is 15.2 Å². The Bertz CT molecular complexity index is 435. The molecular formula is C17H31N3S. The number of aromatic nitrogens is 1. The predicted octanol–water partition coefficient (Wildman–Crippen LogP) is 3.82. The molecule has 0 bridgehead atoms. The lowest BCUT2D eigenvalue weighted by atomic mass is 9.92. The van der Waals surface area contributed by atoms with Crippen LogP contribution in [0.3, 0.4) is 0 Å². The molecule has 2 unspecified atom stereocenters. The lowest BCUT2D eigenvalue weighted by molar-refractivity contribution is 0.185. The van der Waals surface area contributed by atoms with Crippen molar-refractivity contribution in [2.24, 2.45) is 5.92 Å². The molecule has 2 heterocycles. The van der Waals surface area contributed by atoms with Crippen molar-refractivity contribution in [2.45, 2.75) is 58.4 Å². The predicted molar refractivity (Wildman–Crippen MR) is 92.1 cm³/mol. The monoisotopic (exact) mass is 309 g/mol. The van der Waals surface area contributed by atoms with E-state index in [-0.39, 0.29) is 5.41 Å². The molecule has 0 spiro atoms. The highest BCUT2D eigenvalue weighted by Crippen LogP contribution is 2.36. The first-order valence-corrected chi connectivity index (χ1v) is 9.18. The lowest BCUT2D eigenvalue weighted by Crippen LogP contribution is -2.35. The van der Waals surface area contributed by atoms with Crippen LogP contribution >= 0.6 is 11.3 Å². The molecule has 1 aliphatic heterocycles. The van der Waals surface area contributed by atoms with Crippen molar-refractivity contribution >= 4 is 11.3 Å². The smallest absolute Gasteiger partial charge is 0.0982 e. The van der Waals surface area contributed by atoms with E-state index in [0.717, 1.165) is 13.1 Å². The maximum atomic E-state index is 5.00. The summed E-state index contributed by atoms with van der Waals surface area (Å²) in [5.41, 5.74) is 1.45. The average Bonchev–Trinajstić information content (AvgIpc) is 2.82. The molecule has 2 rings (SSSR count). The topological polar surface area (TPSA) is 28.2 Å². The summed E-state index contributed by atoms with van der Waals surface area (Å²) in [5.74, 6) is 0.673. The Labute approximate surface area is 134 Å². The molecule has 0 radical (unpaired) electrons. The molecule has 0 aliphatic carbocycles. The number of hydrogen-bond donors (Lipinski definition) is 1. The Balaban J connectivity index is 2.23. The summed E-state index contributed by atoms with van der Waals surface area (Å²) in [6, 6.07) is 0.471. The largest absolute Gasteiger partial charge is 0.317 e. The molecule has 1 aromatic heterocycles. The van der Waals surface area contributed by atoms with Crippen LogP contribution in [0.5, 0.6) is 0 Å². The zero-order valence-electron chi connectivity index (χ0n) is 14.3. The van der Waals surface area contributed by atoms with E-state index in [2.05, 4.69) is 50.3 Å². The second-order valence-corrected chi connectivity index (χ2v) is 8.17. The van der Waals surface area contributed by atoms with Gasteiger partial charge in [-0.2, -0.15) is 0 Å². The first-order chi connectivity index (χ1) is 9.93. The molecule has 1 saturated heterocycles. The quantitative estimate of drug-likeness (QED) is 0.916. The van der Waals surface area contributed by atoms with Gasteiger partial charge in [0.2, 0.25) is 0 Å². The van der Waals surface area contributed by atoms with Crippen molar-refractivity contribution < 1.29 is 0 Å². The fraction of sp³-hybridized carbons (Fsp3) is 0.824. The van der Waals surface area contributed by atoms with Gasteiger partial charge in [0, 0.05) is 10.8 Å². The average molecular weight is 310 g/mol. The van der Waals surface area contributed by atoms with E-state index in [9.17, 15) is 0 Å². The van der Waals surface area contributed by atoms with Crippen LogP contribution < -0.4 is 5.32 Å². The van der Waals surface area contributed by atoms with Crippen LogP contribution in [0.25, 0.3) is 0 Å². The highest BCUT2D eigenvalue weighted by Gasteiger charge is 2.31. The Kier molecular flexibility index (Phi) is 5.81. The van der Waals surface area contributed by atoms with Gasteiger partial charge in [-0.1, -0.05) is 34.1 Å². The van der Waals surface area contributed by atoms with E-state index in [0.29, 0.717) is 12.0 Å². The molecule has 0 saturated carbocycles. The third-order valence-corrected chi connectivity index (χ3v) is 5.67. The van der Waals surface area contributed by atoms with Gasteiger partial charge in [-0.05, 0) is 45.4 Å². The number of nitrogens with zero attached hydrogens (tertiary/aromatic N) is 2. The van der Waals surface area contributed by atoms with Crippen molar-refractivity contribution in [1.29, 1.82) is 0 Å². The van der Waals surface area contributed by atoms with Crippen LogP contribution in [0.15, 0.2) is 5.38 Å². The number of nitrogens with one attached hydrogen (secondary N) is 1. The lowest BCUT2D eigenvalue weighted by Gasteiger charge is -2.31. The molecule has 1 N–H and O–H groups in total. The molecule has 1 fully saturated rings. The van der Waals surface area contributed by atoms with Gasteiger partial charge in [-0.3, -0.25) is 4.90 Å². The van der Waals surface area contributed by atoms with Crippen LogP contribution in [0.4, 0.5) is 0 Å². The summed E-state index contributed by atoms with van der Waals surface area (Å²) in [5, 5.41) is 7.11. The van der Waals surface area contributed by atoms with Crippen molar-refractivity contribution in [2.75, 3.05) is 26.7 Å². The van der Waals surface area contributed by atoms with Crippen LogP contribution in [0.2, 0.25) is 0 Å². The van der Waals surface area contributed by atoms with Gasteiger partial charge in [-0.15, -0.1) is 11.3 Å². The fourth-order valence-corrected chi connectivity index (χ4v) is 4.14. The number of thiazole rings is 1. The third-order valence-electron chi connectivity index (χ3n) is 4.38. The highest BCUT2D eigenvalue weighted by atomic mass is 32.1. The molecule has 2 atom stereocenters. The van der Waals surface area contributed by atoms with Gasteiger partial charge in [0.25, 0.3) is 0 Å². The van der Waals surface area contributed by atoms with Crippen molar-refractivity contribution in [3.63, 3.8) is 0 Å². The molecule has 1 aliphatic rings. The van der Waals surface area contributed by atoms with E-state index >= 15 is 0 Å². The van der Waals surface area contributed by atoms with E-state index in [1.54, 1.807) is 0 Å². The molecule has 1 aromatic rings. The van der Waals surface area contributed by atoms with E-state index in [1.165, 1.54) is 36.5 Å². The van der Waals surface area contributed by atoms with E-state index in [1.807, 2.05) is 11.3 Å². The Hall–Kier alpha value is -0.450. The Morgan fingerprint density at radius 3 is 2.76 bits per heavy atom.